The molecular formula is C64H36F18N4O6. The maximum Gasteiger partial charge on any atom is 0.417 e. The fourth-order valence-electron chi connectivity index (χ4n) is 11.9. The van der Waals surface area contributed by atoms with Crippen molar-refractivity contribution in [1.29, 1.82) is 0 Å². The first kappa shape index (κ1) is 62.2. The van der Waals surface area contributed by atoms with Crippen LogP contribution in [0.15, 0.2) is 158 Å². The zero-order chi connectivity index (χ0) is 66.2. The number of benzene rings is 8. The Labute approximate surface area is 506 Å². The summed E-state index contributed by atoms with van der Waals surface area (Å²) in [4.78, 5) is 58.6. The van der Waals surface area contributed by atoms with Crippen LogP contribution in [0.1, 0.15) is 91.5 Å². The monoisotopic (exact) mass is 1300 g/mol. The van der Waals surface area contributed by atoms with E-state index in [9.17, 15) is 58.7 Å². The fraction of sp³-hybridized carbons (Fsp3) is 0.188. The lowest BCUT2D eigenvalue weighted by Gasteiger charge is -2.38. The Morgan fingerprint density at radius 3 is 1.13 bits per heavy atom. The van der Waals surface area contributed by atoms with Gasteiger partial charge < -0.3 is 19.3 Å². The summed E-state index contributed by atoms with van der Waals surface area (Å²) >= 11 is 0. The van der Waals surface area contributed by atoms with Gasteiger partial charge in [0, 0.05) is 35.6 Å². The van der Waals surface area contributed by atoms with Gasteiger partial charge in [-0.1, -0.05) is 78.9 Å². The van der Waals surface area contributed by atoms with Crippen molar-refractivity contribution < 1.29 is 108 Å². The molecule has 92 heavy (non-hydrogen) atoms. The van der Waals surface area contributed by atoms with Crippen molar-refractivity contribution in [2.24, 2.45) is 0 Å². The van der Waals surface area contributed by atoms with Gasteiger partial charge in [0.2, 0.25) is 5.41 Å². The number of ether oxygens (including phenoxy) is 2. The quantitative estimate of drug-likeness (QED) is 0.104. The van der Waals surface area contributed by atoms with Gasteiger partial charge >= 0.3 is 37.1 Å². The number of alkyl halides is 18. The summed E-state index contributed by atoms with van der Waals surface area (Å²) < 4.78 is 284. The number of nitrogens with zero attached hydrogens (tertiary/aromatic N) is 4. The Kier molecular flexibility index (Phi) is 14.6. The molecule has 28 heteroatoms. The minimum Gasteiger partial charge on any atom is -0.473 e. The normalized spacial score (nSPS) is 15.5. The third-order valence-corrected chi connectivity index (χ3v) is 16.2. The first-order valence-electron chi connectivity index (χ1n) is 27.0. The topological polar surface area (TPSA) is 99.7 Å². The number of rotatable bonds is 9. The second-order valence-corrected chi connectivity index (χ2v) is 21.6. The van der Waals surface area contributed by atoms with E-state index in [1.807, 2.05) is 0 Å². The van der Waals surface area contributed by atoms with Gasteiger partial charge in [0.05, 0.1) is 56.7 Å². The average molecular weight is 1300 g/mol. The average Bonchev–Trinajstić information content (AvgIpc) is 1.18. The number of halogens is 18. The molecular weight excluding hydrogens is 1260 g/mol. The molecule has 0 bridgehead atoms. The molecule has 4 heterocycles. The van der Waals surface area contributed by atoms with E-state index in [1.54, 1.807) is 48.5 Å². The second-order valence-electron chi connectivity index (χ2n) is 21.6. The molecule has 4 aliphatic heterocycles. The van der Waals surface area contributed by atoms with E-state index < -0.39 is 162 Å². The molecule has 4 aliphatic rings. The lowest BCUT2D eigenvalue weighted by Crippen LogP contribution is -2.55. The summed E-state index contributed by atoms with van der Waals surface area (Å²) in [6, 6.07) is 22.0. The highest BCUT2D eigenvalue weighted by atomic mass is 19.4. The van der Waals surface area contributed by atoms with Gasteiger partial charge in [0.1, 0.15) is 11.5 Å². The molecule has 8 aromatic rings. The first-order chi connectivity index (χ1) is 43.1. The SMILES string of the molecule is O=C1c2ccc(C(c3ccc4c(c3)C(=O)N(c3ccc(-c5ccc(N6COc7ccccc7C6)cc5C(F)(F)F)c(C(F)(F)F)c3)C4=O)(C(F)(F)F)C(F)(F)F)cc2C(=O)N1Cc1ccc(-c2ccc(N3COc4ccccc4C3)cc2C(F)(F)F)c(C(F)(F)F)c1. The molecule has 10 nitrogen and oxygen atoms in total. The summed E-state index contributed by atoms with van der Waals surface area (Å²) in [6.07, 6.45) is -34.7. The molecule has 0 radical (unpaired) electrons. The standard InChI is InChI=1S/C64H36F18N4O6/c65-59(66,67)48-21-32(9-15-40(48)41-18-12-37(24-49(41)60(68,69)70)83-28-33-5-1-3-7-52(33)91-30-83)27-85-54(87)44-16-10-35(22-46(44)55(85)88)58(63(77,78)79,64(80,81)82)36-11-17-45-47(23-36)57(90)86(56(45)89)39-14-20-43(51(26-39)62(74,75)76)42-19-13-38(25-50(42)61(71,72)73)84-29-34-6-2-4-8-53(34)92-31-84/h1-26H,27-31H2. The molecule has 0 spiro atoms. The molecule has 0 aromatic heterocycles. The number of imide groups is 2. The summed E-state index contributed by atoms with van der Waals surface area (Å²) in [7, 11) is 0. The largest absolute Gasteiger partial charge is 0.473 e. The van der Waals surface area contributed by atoms with Crippen LogP contribution in [0.25, 0.3) is 22.3 Å². The van der Waals surface area contributed by atoms with Crippen LogP contribution in [0.5, 0.6) is 11.5 Å². The van der Waals surface area contributed by atoms with Crippen LogP contribution in [0.4, 0.5) is 96.1 Å². The second kappa shape index (κ2) is 21.6. The summed E-state index contributed by atoms with van der Waals surface area (Å²) in [6.45, 7) is -1.54. The van der Waals surface area contributed by atoms with Gasteiger partial charge in [-0.2, -0.15) is 79.0 Å². The van der Waals surface area contributed by atoms with Gasteiger partial charge in [0.25, 0.3) is 23.6 Å². The lowest BCUT2D eigenvalue weighted by atomic mass is 9.71. The summed E-state index contributed by atoms with van der Waals surface area (Å²) in [5, 5.41) is 0. The minimum absolute atomic E-state index is 0.0174. The van der Waals surface area contributed by atoms with E-state index in [0.717, 1.165) is 30.3 Å². The van der Waals surface area contributed by atoms with Crippen LogP contribution in [0, 0.1) is 0 Å². The molecule has 0 atom stereocenters. The molecule has 0 aliphatic carbocycles. The highest BCUT2D eigenvalue weighted by Gasteiger charge is 2.73. The molecule has 474 valence electrons. The number of hydrogen-bond acceptors (Lipinski definition) is 8. The number of fused-ring (bicyclic) bond motifs is 4. The Bertz CT molecular complexity index is 4380. The van der Waals surface area contributed by atoms with Crippen LogP contribution >= 0.6 is 0 Å². The van der Waals surface area contributed by atoms with Gasteiger partial charge in [-0.15, -0.1) is 0 Å². The Balaban J connectivity index is 0.848. The van der Waals surface area contributed by atoms with Crippen molar-refractivity contribution >= 4 is 40.7 Å². The predicted molar refractivity (Wildman–Crippen MR) is 291 cm³/mol. The molecule has 4 amide bonds. The highest BCUT2D eigenvalue weighted by molar-refractivity contribution is 6.34. The summed E-state index contributed by atoms with van der Waals surface area (Å²) in [5.41, 5.74) is -24.6. The van der Waals surface area contributed by atoms with Crippen molar-refractivity contribution in [2.45, 2.75) is 62.1 Å². The van der Waals surface area contributed by atoms with E-state index in [-0.39, 0.29) is 78.1 Å². The van der Waals surface area contributed by atoms with Gasteiger partial charge in [-0.3, -0.25) is 24.1 Å². The number of carbonyl (C=O) groups is 4. The number of anilines is 3. The van der Waals surface area contributed by atoms with E-state index in [1.165, 1.54) is 9.80 Å². The molecule has 8 aromatic carbocycles. The maximum atomic E-state index is 15.7. The molecule has 0 saturated heterocycles. The lowest BCUT2D eigenvalue weighted by molar-refractivity contribution is -0.288. The van der Waals surface area contributed by atoms with E-state index >= 15 is 39.5 Å². The summed E-state index contributed by atoms with van der Waals surface area (Å²) in [5.74, 6) is -5.58. The Morgan fingerprint density at radius 2 is 0.696 bits per heavy atom. The third-order valence-electron chi connectivity index (χ3n) is 16.2. The number of amides is 4. The Morgan fingerprint density at radius 1 is 0.348 bits per heavy atom. The zero-order valence-corrected chi connectivity index (χ0v) is 46.1. The molecule has 0 saturated carbocycles. The zero-order valence-electron chi connectivity index (χ0n) is 46.1. The van der Waals surface area contributed by atoms with Crippen molar-refractivity contribution in [3.05, 3.63) is 230 Å². The fourth-order valence-corrected chi connectivity index (χ4v) is 11.9. The molecule has 0 unspecified atom stereocenters. The third kappa shape index (κ3) is 10.5. The van der Waals surface area contributed by atoms with Crippen LogP contribution in [0.2, 0.25) is 0 Å². The van der Waals surface area contributed by atoms with Crippen molar-refractivity contribution in [3.8, 4) is 33.8 Å². The highest BCUT2D eigenvalue weighted by Crippen LogP contribution is 2.58. The van der Waals surface area contributed by atoms with Gasteiger partial charge in [0.15, 0.2) is 13.5 Å². The molecule has 0 fully saturated rings. The van der Waals surface area contributed by atoms with Crippen molar-refractivity contribution in [1.82, 2.24) is 4.90 Å². The van der Waals surface area contributed by atoms with E-state index in [2.05, 4.69) is 0 Å². The van der Waals surface area contributed by atoms with E-state index in [4.69, 9.17) is 9.47 Å². The van der Waals surface area contributed by atoms with Crippen LogP contribution < -0.4 is 24.2 Å². The molecule has 12 rings (SSSR count). The molecule has 0 N–H and O–H groups in total. The maximum absolute atomic E-state index is 15.7. The number of hydrogen-bond donors (Lipinski definition) is 0. The Hall–Kier alpha value is -10.0. The van der Waals surface area contributed by atoms with Crippen molar-refractivity contribution in [3.63, 3.8) is 0 Å². The van der Waals surface area contributed by atoms with Gasteiger partial charge in [-0.05, 0) is 118 Å². The van der Waals surface area contributed by atoms with Crippen LogP contribution in [0.3, 0.4) is 0 Å². The van der Waals surface area contributed by atoms with E-state index in [0.29, 0.717) is 71.2 Å². The van der Waals surface area contributed by atoms with Crippen LogP contribution in [-0.4, -0.2) is 54.3 Å². The number of carbonyl (C=O) groups excluding carboxylic acids is 4. The minimum atomic E-state index is -6.54. The van der Waals surface area contributed by atoms with Crippen molar-refractivity contribution in [2.75, 3.05) is 28.2 Å². The van der Waals surface area contributed by atoms with Crippen LogP contribution in [-0.2, 0) is 49.8 Å². The predicted octanol–water partition coefficient (Wildman–Crippen LogP) is 16.8. The number of para-hydroxylation sites is 2. The van der Waals surface area contributed by atoms with Gasteiger partial charge in [-0.25, -0.2) is 4.90 Å². The smallest absolute Gasteiger partial charge is 0.417 e. The first-order valence-corrected chi connectivity index (χ1v) is 27.0.